The van der Waals surface area contributed by atoms with Crippen molar-refractivity contribution in [3.05, 3.63) is 113 Å². The number of nitrogens with one attached hydrogen (secondary N) is 2. The van der Waals surface area contributed by atoms with E-state index in [0.29, 0.717) is 24.7 Å². The Hall–Kier alpha value is -3.15. The maximum Gasteiger partial charge on any atom is 0.127 e. The van der Waals surface area contributed by atoms with Gasteiger partial charge in [-0.25, -0.2) is 9.37 Å². The van der Waals surface area contributed by atoms with Crippen LogP contribution in [0.2, 0.25) is 5.02 Å². The highest BCUT2D eigenvalue weighted by molar-refractivity contribution is 6.30. The van der Waals surface area contributed by atoms with Gasteiger partial charge >= 0.3 is 0 Å². The number of rotatable bonds is 8. The minimum Gasteiger partial charge on any atom is -0.379 e. The van der Waals surface area contributed by atoms with Crippen LogP contribution in [-0.2, 0) is 19.6 Å². The van der Waals surface area contributed by atoms with Crippen LogP contribution in [0.15, 0.2) is 85.1 Å². The van der Waals surface area contributed by atoms with Gasteiger partial charge in [0.15, 0.2) is 0 Å². The molecule has 0 spiro atoms. The molecule has 0 amide bonds. The topological polar surface area (TPSA) is 41.9 Å². The zero-order valence-corrected chi connectivity index (χ0v) is 17.1. The number of benzene rings is 3. The molecule has 4 aromatic rings. The highest BCUT2D eigenvalue weighted by Gasteiger charge is 2.10. The van der Waals surface area contributed by atoms with Crippen LogP contribution in [0, 0.1) is 5.82 Å². The van der Waals surface area contributed by atoms with E-state index in [2.05, 4.69) is 15.2 Å². The molecule has 0 fully saturated rings. The van der Waals surface area contributed by atoms with Gasteiger partial charge in [-0.05, 0) is 54.1 Å². The number of hydrogen-bond acceptors (Lipinski definition) is 3. The first-order chi connectivity index (χ1) is 14.7. The number of halogens is 2. The molecule has 0 aliphatic heterocycles. The SMILES string of the molecule is Fc1ccc(CNCc2nc(CNc3ccccc3)cn2-c2ccc(Cl)cc2)cc1. The van der Waals surface area contributed by atoms with Gasteiger partial charge in [0.25, 0.3) is 0 Å². The van der Waals surface area contributed by atoms with Crippen LogP contribution in [-0.4, -0.2) is 9.55 Å². The second-order valence-corrected chi connectivity index (χ2v) is 7.38. The predicted molar refractivity (Wildman–Crippen MR) is 119 cm³/mol. The Bertz CT molecular complexity index is 1080. The van der Waals surface area contributed by atoms with E-state index in [1.165, 1.54) is 12.1 Å². The number of imidazole rings is 1. The normalized spacial score (nSPS) is 10.9. The van der Waals surface area contributed by atoms with Crippen molar-refractivity contribution in [3.8, 4) is 5.69 Å². The molecule has 0 unspecified atom stereocenters. The van der Waals surface area contributed by atoms with Crippen LogP contribution in [0.25, 0.3) is 5.69 Å². The summed E-state index contributed by atoms with van der Waals surface area (Å²) in [4.78, 5) is 4.81. The molecule has 1 heterocycles. The lowest BCUT2D eigenvalue weighted by molar-refractivity contribution is 0.622. The van der Waals surface area contributed by atoms with Crippen LogP contribution in [0.5, 0.6) is 0 Å². The van der Waals surface area contributed by atoms with E-state index in [1.54, 1.807) is 12.1 Å². The first-order valence-electron chi connectivity index (χ1n) is 9.74. The molecule has 3 aromatic carbocycles. The Morgan fingerprint density at radius 2 is 1.57 bits per heavy atom. The molecule has 0 bridgehead atoms. The summed E-state index contributed by atoms with van der Waals surface area (Å²) in [5.74, 6) is 0.664. The molecule has 6 heteroatoms. The Kier molecular flexibility index (Phi) is 6.42. The predicted octanol–water partition coefficient (Wildman–Crippen LogP) is 5.57. The van der Waals surface area contributed by atoms with E-state index in [9.17, 15) is 4.39 Å². The smallest absolute Gasteiger partial charge is 0.127 e. The van der Waals surface area contributed by atoms with Crippen molar-refractivity contribution in [1.29, 1.82) is 0 Å². The summed E-state index contributed by atoms with van der Waals surface area (Å²) in [7, 11) is 0. The molecule has 2 N–H and O–H groups in total. The highest BCUT2D eigenvalue weighted by Crippen LogP contribution is 2.17. The Balaban J connectivity index is 1.49. The zero-order valence-electron chi connectivity index (χ0n) is 16.4. The Labute approximate surface area is 180 Å². The summed E-state index contributed by atoms with van der Waals surface area (Å²) in [5, 5.41) is 7.49. The van der Waals surface area contributed by atoms with Gasteiger partial charge in [0, 0.05) is 29.1 Å². The van der Waals surface area contributed by atoms with Crippen LogP contribution in [0.4, 0.5) is 10.1 Å². The Morgan fingerprint density at radius 3 is 2.30 bits per heavy atom. The molecular weight excluding hydrogens is 399 g/mol. The average molecular weight is 421 g/mol. The molecule has 30 heavy (non-hydrogen) atoms. The van der Waals surface area contributed by atoms with Gasteiger partial charge in [0.1, 0.15) is 11.6 Å². The van der Waals surface area contributed by atoms with E-state index in [1.807, 2.05) is 60.8 Å². The van der Waals surface area contributed by atoms with E-state index in [0.717, 1.165) is 28.5 Å². The highest BCUT2D eigenvalue weighted by atomic mass is 35.5. The van der Waals surface area contributed by atoms with Crippen molar-refractivity contribution in [3.63, 3.8) is 0 Å². The monoisotopic (exact) mass is 420 g/mol. The summed E-state index contributed by atoms with van der Waals surface area (Å²) in [6, 6.07) is 24.2. The summed E-state index contributed by atoms with van der Waals surface area (Å²) >= 11 is 6.05. The van der Waals surface area contributed by atoms with Crippen molar-refractivity contribution in [1.82, 2.24) is 14.9 Å². The third kappa shape index (κ3) is 5.26. The minimum atomic E-state index is -0.229. The van der Waals surface area contributed by atoms with Gasteiger partial charge in [0.2, 0.25) is 0 Å². The second kappa shape index (κ2) is 9.57. The van der Waals surface area contributed by atoms with Gasteiger partial charge in [0.05, 0.1) is 18.8 Å². The third-order valence-corrected chi connectivity index (χ3v) is 4.96. The van der Waals surface area contributed by atoms with Crippen LogP contribution >= 0.6 is 11.6 Å². The first-order valence-corrected chi connectivity index (χ1v) is 10.1. The van der Waals surface area contributed by atoms with Gasteiger partial charge in [-0.3, -0.25) is 0 Å². The number of para-hydroxylation sites is 1. The van der Waals surface area contributed by atoms with Crippen molar-refractivity contribution < 1.29 is 4.39 Å². The van der Waals surface area contributed by atoms with Crippen molar-refractivity contribution in [2.24, 2.45) is 0 Å². The first kappa shape index (κ1) is 20.1. The second-order valence-electron chi connectivity index (χ2n) is 6.94. The fourth-order valence-corrected chi connectivity index (χ4v) is 3.30. The maximum atomic E-state index is 13.1. The van der Waals surface area contributed by atoms with Gasteiger partial charge in [-0.2, -0.15) is 0 Å². The molecular formula is C24H22ClFN4. The fourth-order valence-electron chi connectivity index (χ4n) is 3.18. The lowest BCUT2D eigenvalue weighted by Crippen LogP contribution is -2.16. The fraction of sp³-hybridized carbons (Fsp3) is 0.125. The van der Waals surface area contributed by atoms with Crippen molar-refractivity contribution >= 4 is 17.3 Å². The quantitative estimate of drug-likeness (QED) is 0.391. The number of hydrogen-bond donors (Lipinski definition) is 2. The summed E-state index contributed by atoms with van der Waals surface area (Å²) < 4.78 is 15.2. The van der Waals surface area contributed by atoms with Crippen molar-refractivity contribution in [2.45, 2.75) is 19.6 Å². The molecule has 0 saturated carbocycles. The number of nitrogens with zero attached hydrogens (tertiary/aromatic N) is 2. The van der Waals surface area contributed by atoms with Gasteiger partial charge < -0.3 is 15.2 Å². The summed E-state index contributed by atoms with van der Waals surface area (Å²) in [6.07, 6.45) is 2.04. The number of aromatic nitrogens is 2. The molecule has 1 aromatic heterocycles. The molecule has 0 radical (unpaired) electrons. The summed E-state index contributed by atoms with van der Waals surface area (Å²) in [6.45, 7) is 1.83. The maximum absolute atomic E-state index is 13.1. The lowest BCUT2D eigenvalue weighted by Gasteiger charge is -2.09. The van der Waals surface area contributed by atoms with E-state index in [-0.39, 0.29) is 5.82 Å². The van der Waals surface area contributed by atoms with Gasteiger partial charge in [-0.15, -0.1) is 0 Å². The van der Waals surface area contributed by atoms with Crippen LogP contribution < -0.4 is 10.6 Å². The molecule has 4 rings (SSSR count). The zero-order chi connectivity index (χ0) is 20.8. The molecule has 0 saturated heterocycles. The number of anilines is 1. The Morgan fingerprint density at radius 1 is 0.833 bits per heavy atom. The molecule has 0 atom stereocenters. The molecule has 4 nitrogen and oxygen atoms in total. The van der Waals surface area contributed by atoms with Crippen molar-refractivity contribution in [2.75, 3.05) is 5.32 Å². The molecule has 0 aliphatic carbocycles. The van der Waals surface area contributed by atoms with E-state index < -0.39 is 0 Å². The third-order valence-electron chi connectivity index (χ3n) is 4.71. The molecule has 152 valence electrons. The molecule has 0 aliphatic rings. The van der Waals surface area contributed by atoms with Crippen LogP contribution in [0.3, 0.4) is 0 Å². The van der Waals surface area contributed by atoms with E-state index in [4.69, 9.17) is 16.6 Å². The standard InChI is InChI=1S/C24H22ClFN4/c25-19-8-12-23(13-9-19)30-17-22(15-28-21-4-2-1-3-5-21)29-24(30)16-27-14-18-6-10-20(26)11-7-18/h1-13,17,27-28H,14-16H2. The van der Waals surface area contributed by atoms with Crippen LogP contribution in [0.1, 0.15) is 17.1 Å². The lowest BCUT2D eigenvalue weighted by atomic mass is 10.2. The van der Waals surface area contributed by atoms with Gasteiger partial charge in [-0.1, -0.05) is 41.9 Å². The van der Waals surface area contributed by atoms with E-state index >= 15 is 0 Å². The largest absolute Gasteiger partial charge is 0.379 e. The summed E-state index contributed by atoms with van der Waals surface area (Å²) in [5.41, 5.74) is 4.00. The average Bonchev–Trinajstić information content (AvgIpc) is 3.18. The minimum absolute atomic E-state index is 0.229.